The first-order valence-corrected chi connectivity index (χ1v) is 4.48. The number of alkyl halides is 2. The highest BCUT2D eigenvalue weighted by Crippen LogP contribution is 2.10. The minimum Gasteiger partial charge on any atom is -0.360 e. The van der Waals surface area contributed by atoms with Crippen LogP contribution in [0.4, 0.5) is 13.9 Å². The van der Waals surface area contributed by atoms with Gasteiger partial charge in [-0.1, -0.05) is 11.3 Å². The lowest BCUT2D eigenvalue weighted by Crippen LogP contribution is -2.05. The Hall–Kier alpha value is -0.560. The van der Waals surface area contributed by atoms with Crippen LogP contribution in [0.25, 0.3) is 0 Å². The number of halogens is 2. The number of nitrogens with zero attached hydrogens (tertiary/aromatic N) is 1. The quantitative estimate of drug-likeness (QED) is 0.750. The van der Waals surface area contributed by atoms with Crippen molar-refractivity contribution in [3.8, 4) is 0 Å². The summed E-state index contributed by atoms with van der Waals surface area (Å²) in [5, 5.41) is 9.57. The molecule has 0 radical (unpaired) electrons. The topological polar surface area (TPSA) is 40.7 Å². The molecule has 0 unspecified atom stereocenters. The molecule has 1 heterocycles. The van der Waals surface area contributed by atoms with Crippen LogP contribution in [0.15, 0.2) is 0 Å². The summed E-state index contributed by atoms with van der Waals surface area (Å²) < 4.78 is 23.9. The van der Waals surface area contributed by atoms with E-state index in [-0.39, 0.29) is 13.0 Å². The van der Waals surface area contributed by atoms with Crippen LogP contribution in [0.3, 0.4) is 0 Å². The minimum atomic E-state index is -2.27. The highest BCUT2D eigenvalue weighted by Gasteiger charge is 2.02. The van der Waals surface area contributed by atoms with E-state index < -0.39 is 6.43 Å². The molecule has 0 bridgehead atoms. The predicted octanol–water partition coefficient (Wildman–Crippen LogP) is 2.27. The highest BCUT2D eigenvalue weighted by atomic mass is 32.1. The third kappa shape index (κ3) is 3.22. The van der Waals surface area contributed by atoms with Gasteiger partial charge in [0.2, 0.25) is 11.6 Å². The SMILES string of the molecule is FC(F)CCNc1n[nH]c(=S)s1. The lowest BCUT2D eigenvalue weighted by molar-refractivity contribution is 0.142. The molecule has 0 spiro atoms. The van der Waals surface area contributed by atoms with Gasteiger partial charge in [0.1, 0.15) is 0 Å². The van der Waals surface area contributed by atoms with Crippen molar-refractivity contribution in [2.75, 3.05) is 11.9 Å². The number of rotatable bonds is 4. The molecule has 0 aliphatic rings. The molecule has 0 saturated heterocycles. The molecule has 0 aromatic carbocycles. The van der Waals surface area contributed by atoms with E-state index in [1.54, 1.807) is 0 Å². The molecule has 0 aliphatic heterocycles. The van der Waals surface area contributed by atoms with Crippen molar-refractivity contribution >= 4 is 28.7 Å². The molecule has 3 nitrogen and oxygen atoms in total. The van der Waals surface area contributed by atoms with Gasteiger partial charge < -0.3 is 5.32 Å². The Bertz CT molecular complexity index is 282. The second kappa shape index (κ2) is 4.46. The van der Waals surface area contributed by atoms with Gasteiger partial charge in [-0.05, 0) is 12.2 Å². The van der Waals surface area contributed by atoms with Crippen molar-refractivity contribution in [2.45, 2.75) is 12.8 Å². The Labute approximate surface area is 76.8 Å². The molecule has 68 valence electrons. The smallest absolute Gasteiger partial charge is 0.240 e. The fourth-order valence-electron chi connectivity index (χ4n) is 0.594. The number of anilines is 1. The molecule has 12 heavy (non-hydrogen) atoms. The summed E-state index contributed by atoms with van der Waals surface area (Å²) in [4.78, 5) is 0. The summed E-state index contributed by atoms with van der Waals surface area (Å²) in [5.41, 5.74) is 0. The normalized spacial score (nSPS) is 10.6. The second-order valence-electron chi connectivity index (χ2n) is 2.02. The fourth-order valence-corrected chi connectivity index (χ4v) is 1.41. The minimum absolute atomic E-state index is 0.174. The van der Waals surface area contributed by atoms with Gasteiger partial charge >= 0.3 is 0 Å². The Morgan fingerprint density at radius 1 is 1.67 bits per heavy atom. The number of nitrogens with one attached hydrogen (secondary N) is 2. The number of hydrogen-bond acceptors (Lipinski definition) is 4. The molecule has 0 saturated carbocycles. The number of hydrogen-bond donors (Lipinski definition) is 2. The summed E-state index contributed by atoms with van der Waals surface area (Å²) in [7, 11) is 0. The van der Waals surface area contributed by atoms with Crippen molar-refractivity contribution in [3.05, 3.63) is 3.95 Å². The first-order valence-electron chi connectivity index (χ1n) is 3.26. The Morgan fingerprint density at radius 2 is 2.42 bits per heavy atom. The zero-order chi connectivity index (χ0) is 8.97. The van der Waals surface area contributed by atoms with E-state index in [9.17, 15) is 8.78 Å². The maximum atomic E-state index is 11.7. The summed E-state index contributed by atoms with van der Waals surface area (Å²) in [5.74, 6) is 0. The van der Waals surface area contributed by atoms with Crippen LogP contribution in [0.1, 0.15) is 6.42 Å². The van der Waals surface area contributed by atoms with E-state index in [2.05, 4.69) is 15.5 Å². The third-order valence-electron chi connectivity index (χ3n) is 1.08. The summed E-state index contributed by atoms with van der Waals surface area (Å²) in [6, 6.07) is 0. The van der Waals surface area contributed by atoms with E-state index in [4.69, 9.17) is 12.2 Å². The molecule has 1 rings (SSSR count). The largest absolute Gasteiger partial charge is 0.360 e. The Morgan fingerprint density at radius 3 is 2.92 bits per heavy atom. The molecule has 1 aromatic heterocycles. The standard InChI is InChI=1S/C5H7F2N3S2/c6-3(7)1-2-8-4-9-10-5(11)12-4/h3H,1-2H2,(H,8,9)(H,10,11). The zero-order valence-corrected chi connectivity index (χ0v) is 7.64. The fraction of sp³-hybridized carbons (Fsp3) is 0.600. The molecule has 0 atom stereocenters. The van der Waals surface area contributed by atoms with Gasteiger partial charge in [-0.25, -0.2) is 8.78 Å². The molecule has 7 heteroatoms. The summed E-state index contributed by atoms with van der Waals surface area (Å²) >= 11 is 5.98. The van der Waals surface area contributed by atoms with E-state index in [1.165, 1.54) is 11.3 Å². The van der Waals surface area contributed by atoms with E-state index in [0.29, 0.717) is 9.09 Å². The van der Waals surface area contributed by atoms with Crippen LogP contribution in [0.5, 0.6) is 0 Å². The number of aromatic nitrogens is 2. The third-order valence-corrected chi connectivity index (χ3v) is 2.12. The van der Waals surface area contributed by atoms with E-state index in [1.807, 2.05) is 0 Å². The van der Waals surface area contributed by atoms with Gasteiger partial charge in [-0.15, -0.1) is 5.10 Å². The second-order valence-corrected chi connectivity index (χ2v) is 3.69. The van der Waals surface area contributed by atoms with Crippen LogP contribution in [-0.2, 0) is 0 Å². The molecule has 0 fully saturated rings. The maximum absolute atomic E-state index is 11.7. The average Bonchev–Trinajstić information content (AvgIpc) is 2.35. The molecular formula is C5H7F2N3S2. The molecule has 0 aliphatic carbocycles. The van der Waals surface area contributed by atoms with Gasteiger partial charge in [0.15, 0.2) is 3.95 Å². The van der Waals surface area contributed by atoms with Gasteiger partial charge in [-0.3, -0.25) is 5.10 Å². The molecule has 0 amide bonds. The Kier molecular flexibility index (Phi) is 3.54. The predicted molar refractivity (Wildman–Crippen MR) is 46.4 cm³/mol. The zero-order valence-electron chi connectivity index (χ0n) is 6.01. The number of aromatic amines is 1. The maximum Gasteiger partial charge on any atom is 0.240 e. The molecule has 1 aromatic rings. The Balaban J connectivity index is 2.29. The first-order chi connectivity index (χ1) is 5.68. The van der Waals surface area contributed by atoms with Crippen molar-refractivity contribution in [1.82, 2.24) is 10.2 Å². The molecule has 2 N–H and O–H groups in total. The van der Waals surface area contributed by atoms with Crippen LogP contribution in [-0.4, -0.2) is 23.2 Å². The van der Waals surface area contributed by atoms with Crippen LogP contribution < -0.4 is 5.32 Å². The molecular weight excluding hydrogens is 204 g/mol. The van der Waals surface area contributed by atoms with Crippen LogP contribution in [0, 0.1) is 3.95 Å². The van der Waals surface area contributed by atoms with Gasteiger partial charge in [-0.2, -0.15) is 0 Å². The van der Waals surface area contributed by atoms with E-state index in [0.717, 1.165) is 0 Å². The van der Waals surface area contributed by atoms with Crippen molar-refractivity contribution in [3.63, 3.8) is 0 Å². The number of H-pyrrole nitrogens is 1. The first kappa shape index (κ1) is 9.53. The highest BCUT2D eigenvalue weighted by molar-refractivity contribution is 7.73. The van der Waals surface area contributed by atoms with Gasteiger partial charge in [0.05, 0.1) is 0 Å². The van der Waals surface area contributed by atoms with E-state index >= 15 is 0 Å². The van der Waals surface area contributed by atoms with Crippen LogP contribution in [0.2, 0.25) is 0 Å². The summed E-state index contributed by atoms with van der Waals surface area (Å²) in [6.07, 6.45) is -2.45. The summed E-state index contributed by atoms with van der Waals surface area (Å²) in [6.45, 7) is 0.216. The van der Waals surface area contributed by atoms with Gasteiger partial charge in [0, 0.05) is 13.0 Å². The average molecular weight is 211 g/mol. The van der Waals surface area contributed by atoms with Crippen molar-refractivity contribution in [1.29, 1.82) is 0 Å². The van der Waals surface area contributed by atoms with Crippen molar-refractivity contribution in [2.24, 2.45) is 0 Å². The lowest BCUT2D eigenvalue weighted by atomic mass is 10.4. The monoisotopic (exact) mass is 211 g/mol. The van der Waals surface area contributed by atoms with Gasteiger partial charge in [0.25, 0.3) is 0 Å². The lowest BCUT2D eigenvalue weighted by Gasteiger charge is -1.99. The van der Waals surface area contributed by atoms with Crippen molar-refractivity contribution < 1.29 is 8.78 Å². The van der Waals surface area contributed by atoms with Crippen LogP contribution >= 0.6 is 23.6 Å².